The van der Waals surface area contributed by atoms with Crippen molar-refractivity contribution in [2.45, 2.75) is 50.6 Å². The monoisotopic (exact) mass is 464 g/mol. The molecule has 180 valence electrons. The highest BCUT2D eigenvalue weighted by Gasteiger charge is 2.35. The minimum absolute atomic E-state index is 0.203. The first-order valence-electron chi connectivity index (χ1n) is 12.2. The minimum Gasteiger partial charge on any atom is -0.489 e. The fourth-order valence-corrected chi connectivity index (χ4v) is 5.44. The van der Waals surface area contributed by atoms with Gasteiger partial charge < -0.3 is 20.4 Å². The molecule has 0 spiro atoms. The van der Waals surface area contributed by atoms with Crippen LogP contribution in [0.3, 0.4) is 0 Å². The van der Waals surface area contributed by atoms with E-state index in [2.05, 4.69) is 9.88 Å². The molecule has 1 saturated carbocycles. The fourth-order valence-electron chi connectivity index (χ4n) is 5.44. The first kappa shape index (κ1) is 22.7. The fraction of sp³-hybridized carbons (Fsp3) is 0.444. The molecule has 1 aromatic heterocycles. The highest BCUT2D eigenvalue weighted by Crippen LogP contribution is 2.39. The second-order valence-electron chi connectivity index (χ2n) is 9.80. The molecule has 1 aliphatic carbocycles. The number of nitrogens with two attached hydrogens (primary N) is 1. The van der Waals surface area contributed by atoms with Crippen LogP contribution in [0.4, 0.5) is 10.1 Å². The number of H-pyrrole nitrogens is 1. The zero-order valence-corrected chi connectivity index (χ0v) is 19.9. The van der Waals surface area contributed by atoms with Gasteiger partial charge in [0.05, 0.1) is 5.69 Å². The number of benzene rings is 2. The van der Waals surface area contributed by atoms with Crippen molar-refractivity contribution in [2.24, 2.45) is 5.73 Å². The lowest BCUT2D eigenvalue weighted by Crippen LogP contribution is -2.51. The first-order chi connectivity index (χ1) is 16.4. The number of primary amides is 1. The average Bonchev–Trinajstić information content (AvgIpc) is 3.17. The normalized spacial score (nSPS) is 17.9. The molecule has 5 rings (SSSR count). The lowest BCUT2D eigenvalue weighted by molar-refractivity contribution is 0.0436. The van der Waals surface area contributed by atoms with Crippen molar-refractivity contribution >= 4 is 22.5 Å². The molecule has 0 saturated heterocycles. The standard InChI is InChI=1S/C27H33FN4O2/c1-31(2)25-11-9-21(27(29)33)23-14-20(16-34-26(23)25)32(19-6-3-7-19)12-4-5-17-15-30-24-10-8-18(28)13-22(17)24/h8-11,13,15,19-20,30H,3-7,12,14,16H2,1-2H3,(H2,29,33). The Morgan fingerprint density at radius 2 is 2.03 bits per heavy atom. The van der Waals surface area contributed by atoms with E-state index in [0.717, 1.165) is 59.3 Å². The number of aromatic amines is 1. The van der Waals surface area contributed by atoms with Gasteiger partial charge in [-0.15, -0.1) is 0 Å². The van der Waals surface area contributed by atoms with Crippen molar-refractivity contribution in [1.29, 1.82) is 0 Å². The Balaban J connectivity index is 1.34. The molecular formula is C27H33FN4O2. The van der Waals surface area contributed by atoms with Crippen LogP contribution in [0, 0.1) is 5.82 Å². The van der Waals surface area contributed by atoms with Gasteiger partial charge in [0.2, 0.25) is 5.91 Å². The Morgan fingerprint density at radius 3 is 2.74 bits per heavy atom. The van der Waals surface area contributed by atoms with Crippen molar-refractivity contribution < 1.29 is 13.9 Å². The molecule has 1 aliphatic heterocycles. The maximum atomic E-state index is 13.8. The molecule has 1 unspecified atom stereocenters. The Morgan fingerprint density at radius 1 is 1.21 bits per heavy atom. The van der Waals surface area contributed by atoms with Gasteiger partial charge in [0.1, 0.15) is 18.2 Å². The van der Waals surface area contributed by atoms with Gasteiger partial charge in [-0.2, -0.15) is 0 Å². The van der Waals surface area contributed by atoms with Crippen LogP contribution in [0.5, 0.6) is 5.75 Å². The van der Waals surface area contributed by atoms with E-state index in [-0.39, 0.29) is 11.9 Å². The predicted octanol–water partition coefficient (Wildman–Crippen LogP) is 4.26. The van der Waals surface area contributed by atoms with Crippen LogP contribution >= 0.6 is 0 Å². The van der Waals surface area contributed by atoms with E-state index >= 15 is 0 Å². The van der Waals surface area contributed by atoms with E-state index in [9.17, 15) is 9.18 Å². The molecule has 2 heterocycles. The van der Waals surface area contributed by atoms with E-state index in [4.69, 9.17) is 10.5 Å². The van der Waals surface area contributed by atoms with Crippen molar-refractivity contribution in [2.75, 3.05) is 32.1 Å². The van der Waals surface area contributed by atoms with Crippen molar-refractivity contribution in [3.05, 3.63) is 59.0 Å². The lowest BCUT2D eigenvalue weighted by atomic mass is 9.87. The number of carbonyl (C=O) groups is 1. The van der Waals surface area contributed by atoms with Crippen molar-refractivity contribution in [3.8, 4) is 5.75 Å². The third-order valence-electron chi connectivity index (χ3n) is 7.45. The Labute approximate surface area is 199 Å². The zero-order valence-electron chi connectivity index (χ0n) is 19.9. The number of amides is 1. The Hall–Kier alpha value is -3.06. The van der Waals surface area contributed by atoms with E-state index in [1.54, 1.807) is 12.1 Å². The van der Waals surface area contributed by atoms with Crippen LogP contribution in [0.2, 0.25) is 0 Å². The summed E-state index contributed by atoms with van der Waals surface area (Å²) in [6, 6.07) is 9.38. The van der Waals surface area contributed by atoms with E-state index in [1.165, 1.54) is 25.3 Å². The summed E-state index contributed by atoms with van der Waals surface area (Å²) in [4.78, 5) is 20.0. The molecule has 1 atom stereocenters. The van der Waals surface area contributed by atoms with Crippen molar-refractivity contribution in [1.82, 2.24) is 9.88 Å². The number of aromatic nitrogens is 1. The van der Waals surface area contributed by atoms with Crippen LogP contribution < -0.4 is 15.4 Å². The number of fused-ring (bicyclic) bond motifs is 2. The number of carbonyl (C=O) groups excluding carboxylic acids is 1. The number of hydrogen-bond acceptors (Lipinski definition) is 4. The summed E-state index contributed by atoms with van der Waals surface area (Å²) in [5, 5.41) is 0.965. The summed E-state index contributed by atoms with van der Waals surface area (Å²) in [6.07, 6.45) is 8.26. The summed E-state index contributed by atoms with van der Waals surface area (Å²) in [6.45, 7) is 1.54. The molecule has 34 heavy (non-hydrogen) atoms. The molecule has 0 bridgehead atoms. The number of anilines is 1. The molecule has 3 aromatic rings. The maximum absolute atomic E-state index is 13.8. The highest BCUT2D eigenvalue weighted by atomic mass is 19.1. The topological polar surface area (TPSA) is 74.6 Å². The molecule has 2 aliphatic rings. The van der Waals surface area contributed by atoms with E-state index in [0.29, 0.717) is 18.2 Å². The summed E-state index contributed by atoms with van der Waals surface area (Å²) >= 11 is 0. The smallest absolute Gasteiger partial charge is 0.249 e. The van der Waals surface area contributed by atoms with Gasteiger partial charge in [-0.1, -0.05) is 6.42 Å². The quantitative estimate of drug-likeness (QED) is 0.522. The third kappa shape index (κ3) is 4.25. The molecule has 6 nitrogen and oxygen atoms in total. The summed E-state index contributed by atoms with van der Waals surface area (Å²) in [7, 11) is 3.96. The van der Waals surface area contributed by atoms with Gasteiger partial charge in [0, 0.05) is 54.4 Å². The van der Waals surface area contributed by atoms with Crippen LogP contribution in [0.15, 0.2) is 36.5 Å². The summed E-state index contributed by atoms with van der Waals surface area (Å²) in [5.41, 5.74) is 10.3. The number of nitrogens with one attached hydrogen (secondary N) is 1. The maximum Gasteiger partial charge on any atom is 0.249 e. The van der Waals surface area contributed by atoms with Gasteiger partial charge in [-0.05, 0) is 74.5 Å². The minimum atomic E-state index is -0.410. The van der Waals surface area contributed by atoms with Crippen LogP contribution in [-0.2, 0) is 12.8 Å². The van der Waals surface area contributed by atoms with E-state index < -0.39 is 5.91 Å². The van der Waals surface area contributed by atoms with Gasteiger partial charge in [-0.3, -0.25) is 9.69 Å². The SMILES string of the molecule is CN(C)c1ccc(C(N)=O)c2c1OCC(N(CCCc1c[nH]c3ccc(F)cc13)C1CCC1)C2. The molecule has 1 amide bonds. The number of aryl methyl sites for hydroxylation is 1. The van der Waals surface area contributed by atoms with Crippen LogP contribution in [0.1, 0.15) is 47.2 Å². The van der Waals surface area contributed by atoms with Gasteiger partial charge in [-0.25, -0.2) is 4.39 Å². The number of hydrogen-bond donors (Lipinski definition) is 2. The second-order valence-corrected chi connectivity index (χ2v) is 9.80. The van der Waals surface area contributed by atoms with E-state index in [1.807, 2.05) is 37.3 Å². The van der Waals surface area contributed by atoms with Crippen LogP contribution in [-0.4, -0.2) is 55.1 Å². The second kappa shape index (κ2) is 9.29. The Bertz CT molecular complexity index is 1200. The number of rotatable bonds is 8. The Kier molecular flexibility index (Phi) is 6.21. The summed E-state index contributed by atoms with van der Waals surface area (Å²) < 4.78 is 20.1. The predicted molar refractivity (Wildman–Crippen MR) is 133 cm³/mol. The van der Waals surface area contributed by atoms with Gasteiger partial charge in [0.25, 0.3) is 0 Å². The number of halogens is 1. The average molecular weight is 465 g/mol. The number of ether oxygens (including phenoxy) is 1. The lowest BCUT2D eigenvalue weighted by Gasteiger charge is -2.44. The molecule has 1 fully saturated rings. The largest absolute Gasteiger partial charge is 0.489 e. The van der Waals surface area contributed by atoms with Gasteiger partial charge >= 0.3 is 0 Å². The van der Waals surface area contributed by atoms with Gasteiger partial charge in [0.15, 0.2) is 0 Å². The highest BCUT2D eigenvalue weighted by molar-refractivity contribution is 5.96. The molecule has 3 N–H and O–H groups in total. The first-order valence-corrected chi connectivity index (χ1v) is 12.2. The number of nitrogens with zero attached hydrogens (tertiary/aromatic N) is 2. The third-order valence-corrected chi connectivity index (χ3v) is 7.45. The zero-order chi connectivity index (χ0) is 23.8. The van der Waals surface area contributed by atoms with Crippen LogP contribution in [0.25, 0.3) is 10.9 Å². The molecule has 0 radical (unpaired) electrons. The molecule has 2 aromatic carbocycles. The summed E-state index contributed by atoms with van der Waals surface area (Å²) in [5.74, 6) is 0.171. The van der Waals surface area contributed by atoms with Crippen molar-refractivity contribution in [3.63, 3.8) is 0 Å². The molecule has 7 heteroatoms. The molecular weight excluding hydrogens is 431 g/mol.